The topological polar surface area (TPSA) is 9.23 Å². The Labute approximate surface area is 87.0 Å². The third-order valence-corrected chi connectivity index (χ3v) is 2.02. The second-order valence-corrected chi connectivity index (χ2v) is 3.66. The van der Waals surface area contributed by atoms with Gasteiger partial charge in [0.05, 0.1) is 0 Å². The summed E-state index contributed by atoms with van der Waals surface area (Å²) in [5.41, 5.74) is 0.294. The highest BCUT2D eigenvalue weighted by Gasteiger charge is 2.12. The van der Waals surface area contributed by atoms with Gasteiger partial charge in [0.25, 0.3) is 0 Å². The summed E-state index contributed by atoms with van der Waals surface area (Å²) in [6.45, 7) is -1.50. The average Bonchev–Trinajstić information content (AvgIpc) is 1.98. The van der Waals surface area contributed by atoms with Crippen molar-refractivity contribution in [3.63, 3.8) is 0 Å². The lowest BCUT2D eigenvalue weighted by Gasteiger charge is -2.07. The molecule has 0 N–H and O–H groups in total. The number of hydrogen-bond acceptors (Lipinski definition) is 1. The third-order valence-electron chi connectivity index (χ3n) is 1.40. The first-order valence-electron chi connectivity index (χ1n) is 3.41. The molecule has 0 saturated carbocycles. The van der Waals surface area contributed by atoms with Crippen molar-refractivity contribution in [3.05, 3.63) is 27.1 Å². The molecule has 0 spiro atoms. The fourth-order valence-electron chi connectivity index (χ4n) is 0.877. The first-order valence-corrected chi connectivity index (χ1v) is 4.49. The van der Waals surface area contributed by atoms with Crippen molar-refractivity contribution < 1.29 is 17.9 Å². The molecular weight excluding hydrogens is 296 g/mol. The molecule has 0 unspecified atom stereocenters. The van der Waals surface area contributed by atoms with Gasteiger partial charge < -0.3 is 4.74 Å². The maximum absolute atomic E-state index is 13.1. The van der Waals surface area contributed by atoms with Gasteiger partial charge in [-0.25, -0.2) is 4.39 Å². The quantitative estimate of drug-likeness (QED) is 0.761. The first kappa shape index (κ1) is 10.6. The molecule has 1 aromatic rings. The van der Waals surface area contributed by atoms with Crippen LogP contribution in [0, 0.1) is 16.3 Å². The molecule has 5 heteroatoms. The van der Waals surface area contributed by atoms with Gasteiger partial charge in [0.2, 0.25) is 0 Å². The van der Waals surface area contributed by atoms with E-state index in [9.17, 15) is 13.2 Å². The Morgan fingerprint density at radius 1 is 1.38 bits per heavy atom. The van der Waals surface area contributed by atoms with Crippen LogP contribution in [0.1, 0.15) is 5.56 Å². The van der Waals surface area contributed by atoms with Crippen molar-refractivity contribution in [2.24, 2.45) is 0 Å². The number of rotatable bonds is 2. The Morgan fingerprint density at radius 3 is 2.54 bits per heavy atom. The lowest BCUT2D eigenvalue weighted by molar-refractivity contribution is -0.0522. The maximum Gasteiger partial charge on any atom is 0.387 e. The predicted octanol–water partition coefficient (Wildman–Crippen LogP) is 3.34. The van der Waals surface area contributed by atoms with Crippen LogP contribution in [0.15, 0.2) is 12.1 Å². The van der Waals surface area contributed by atoms with Gasteiger partial charge in [0.15, 0.2) is 11.6 Å². The molecule has 72 valence electrons. The van der Waals surface area contributed by atoms with E-state index in [2.05, 4.69) is 4.74 Å². The zero-order chi connectivity index (χ0) is 10.0. The van der Waals surface area contributed by atoms with Gasteiger partial charge in [0, 0.05) is 3.57 Å². The molecule has 0 radical (unpaired) electrons. The Morgan fingerprint density at radius 2 is 2.00 bits per heavy atom. The summed E-state index contributed by atoms with van der Waals surface area (Å²) in [6.07, 6.45) is 0. The highest BCUT2D eigenvalue weighted by atomic mass is 127. The normalized spacial score (nSPS) is 10.6. The SMILES string of the molecule is Cc1cc(I)cc(OC(F)F)c1F. The average molecular weight is 302 g/mol. The minimum absolute atomic E-state index is 0.294. The second-order valence-electron chi connectivity index (χ2n) is 2.41. The summed E-state index contributed by atoms with van der Waals surface area (Å²) < 4.78 is 41.3. The van der Waals surface area contributed by atoms with Gasteiger partial charge in [0.1, 0.15) is 0 Å². The molecule has 0 aliphatic carbocycles. The third kappa shape index (κ3) is 2.75. The lowest BCUT2D eigenvalue weighted by atomic mass is 10.2. The number of alkyl halides is 2. The number of benzene rings is 1. The van der Waals surface area contributed by atoms with Crippen molar-refractivity contribution in [1.29, 1.82) is 0 Å². The van der Waals surface area contributed by atoms with Crippen molar-refractivity contribution in [1.82, 2.24) is 0 Å². The molecule has 0 aliphatic rings. The molecule has 1 nitrogen and oxygen atoms in total. The van der Waals surface area contributed by atoms with E-state index in [1.165, 1.54) is 13.0 Å². The molecule has 0 bridgehead atoms. The Kier molecular flexibility index (Phi) is 3.40. The van der Waals surface area contributed by atoms with E-state index in [4.69, 9.17) is 0 Å². The zero-order valence-electron chi connectivity index (χ0n) is 6.65. The highest BCUT2D eigenvalue weighted by Crippen LogP contribution is 2.24. The van der Waals surface area contributed by atoms with Crippen LogP contribution >= 0.6 is 22.6 Å². The molecule has 0 aromatic heterocycles. The number of ether oxygens (including phenoxy) is 1. The lowest BCUT2D eigenvalue weighted by Crippen LogP contribution is -2.04. The van der Waals surface area contributed by atoms with Crippen LogP contribution in [0.4, 0.5) is 13.2 Å². The monoisotopic (exact) mass is 302 g/mol. The van der Waals surface area contributed by atoms with Crippen LogP contribution in [-0.2, 0) is 0 Å². The maximum atomic E-state index is 13.1. The van der Waals surface area contributed by atoms with Crippen LogP contribution in [0.5, 0.6) is 5.75 Å². The van der Waals surface area contributed by atoms with Gasteiger partial charge in [-0.3, -0.25) is 0 Å². The molecule has 1 aromatic carbocycles. The fourth-order valence-corrected chi connectivity index (χ4v) is 1.63. The van der Waals surface area contributed by atoms with E-state index in [1.54, 1.807) is 6.07 Å². The minimum Gasteiger partial charge on any atom is -0.432 e. The summed E-state index contributed by atoms with van der Waals surface area (Å²) >= 11 is 1.90. The van der Waals surface area contributed by atoms with Crippen molar-refractivity contribution in [2.45, 2.75) is 13.5 Å². The second kappa shape index (κ2) is 4.17. The molecule has 0 aliphatic heterocycles. The Balaban J connectivity index is 3.05. The highest BCUT2D eigenvalue weighted by molar-refractivity contribution is 14.1. The standard InChI is InChI=1S/C8H6F3IO/c1-4-2-5(12)3-6(7(4)9)13-8(10)11/h2-3,8H,1H3. The predicted molar refractivity (Wildman–Crippen MR) is 50.5 cm³/mol. The van der Waals surface area contributed by atoms with Gasteiger partial charge >= 0.3 is 6.61 Å². The minimum atomic E-state index is -2.99. The first-order chi connectivity index (χ1) is 6.00. The number of aryl methyl sites for hydroxylation is 1. The molecule has 0 saturated heterocycles. The molecule has 0 amide bonds. The molecule has 0 fully saturated rings. The molecule has 0 heterocycles. The van der Waals surface area contributed by atoms with Gasteiger partial charge in [-0.1, -0.05) is 0 Å². The van der Waals surface area contributed by atoms with E-state index < -0.39 is 18.2 Å². The van der Waals surface area contributed by atoms with E-state index in [1.807, 2.05) is 22.6 Å². The van der Waals surface area contributed by atoms with Crippen LogP contribution in [0.3, 0.4) is 0 Å². The van der Waals surface area contributed by atoms with E-state index in [0.717, 1.165) is 0 Å². The zero-order valence-corrected chi connectivity index (χ0v) is 8.81. The number of hydrogen-bond donors (Lipinski definition) is 0. The van der Waals surface area contributed by atoms with Crippen molar-refractivity contribution in [2.75, 3.05) is 0 Å². The van der Waals surface area contributed by atoms with Crippen LogP contribution in [0.25, 0.3) is 0 Å². The van der Waals surface area contributed by atoms with E-state index >= 15 is 0 Å². The van der Waals surface area contributed by atoms with Crippen LogP contribution in [-0.4, -0.2) is 6.61 Å². The Bertz CT molecular complexity index is 315. The summed E-state index contributed by atoms with van der Waals surface area (Å²) in [5, 5.41) is 0. The van der Waals surface area contributed by atoms with Gasteiger partial charge in [-0.15, -0.1) is 0 Å². The van der Waals surface area contributed by atoms with Crippen molar-refractivity contribution in [3.8, 4) is 5.75 Å². The van der Waals surface area contributed by atoms with Crippen LogP contribution < -0.4 is 4.74 Å². The molecule has 0 atom stereocenters. The molecule has 1 rings (SSSR count). The smallest absolute Gasteiger partial charge is 0.387 e. The number of halogens is 4. The van der Waals surface area contributed by atoms with E-state index in [0.29, 0.717) is 9.13 Å². The van der Waals surface area contributed by atoms with Crippen LogP contribution in [0.2, 0.25) is 0 Å². The largest absolute Gasteiger partial charge is 0.432 e. The Hall–Kier alpha value is -0.460. The fraction of sp³-hybridized carbons (Fsp3) is 0.250. The van der Waals surface area contributed by atoms with Crippen molar-refractivity contribution >= 4 is 22.6 Å². The molecular formula is C8H6F3IO. The van der Waals surface area contributed by atoms with Gasteiger partial charge in [-0.2, -0.15) is 8.78 Å². The summed E-state index contributed by atoms with van der Waals surface area (Å²) in [5.74, 6) is -1.14. The molecule has 13 heavy (non-hydrogen) atoms. The van der Waals surface area contributed by atoms with E-state index in [-0.39, 0.29) is 0 Å². The van der Waals surface area contributed by atoms with Gasteiger partial charge in [-0.05, 0) is 47.2 Å². The summed E-state index contributed by atoms with van der Waals surface area (Å²) in [6, 6.07) is 2.78. The summed E-state index contributed by atoms with van der Waals surface area (Å²) in [7, 11) is 0. The summed E-state index contributed by atoms with van der Waals surface area (Å²) in [4.78, 5) is 0.